The largest absolute Gasteiger partial charge is 0.338 e. The maximum atomic E-state index is 13.8. The summed E-state index contributed by atoms with van der Waals surface area (Å²) in [7, 11) is 0. The number of amides is 3. The first-order valence-corrected chi connectivity index (χ1v) is 7.59. The highest BCUT2D eigenvalue weighted by Crippen LogP contribution is 2.17. The highest BCUT2D eigenvalue weighted by atomic mass is 79.9. The van der Waals surface area contributed by atoms with E-state index in [1.54, 1.807) is 15.9 Å². The molecule has 2 rings (SSSR count). The zero-order chi connectivity index (χ0) is 15.4. The van der Waals surface area contributed by atoms with Gasteiger partial charge in [-0.3, -0.25) is 4.79 Å². The number of hydrogen-bond acceptors (Lipinski definition) is 2. The van der Waals surface area contributed by atoms with Gasteiger partial charge in [0.1, 0.15) is 5.82 Å². The number of urea groups is 1. The molecule has 1 saturated heterocycles. The fourth-order valence-corrected chi connectivity index (χ4v) is 2.54. The molecule has 3 amide bonds. The molecule has 7 heteroatoms. The first-order chi connectivity index (χ1) is 10.0. The Balaban J connectivity index is 1.98. The number of nitrogens with one attached hydrogen (secondary N) is 1. The number of benzene rings is 1. The number of hydrogen-bond donors (Lipinski definition) is 1. The maximum Gasteiger partial charge on any atom is 0.317 e. The van der Waals surface area contributed by atoms with Gasteiger partial charge in [0.2, 0.25) is 0 Å². The summed E-state index contributed by atoms with van der Waals surface area (Å²) >= 11 is 3.16. The Kier molecular flexibility index (Phi) is 5.17. The van der Waals surface area contributed by atoms with Gasteiger partial charge in [0.15, 0.2) is 0 Å². The van der Waals surface area contributed by atoms with Crippen LogP contribution in [0.15, 0.2) is 22.7 Å². The number of carbonyl (C=O) groups is 2. The molecular weight excluding hydrogens is 341 g/mol. The Hall–Kier alpha value is -1.63. The quantitative estimate of drug-likeness (QED) is 0.880. The number of nitrogens with zero attached hydrogens (tertiary/aromatic N) is 2. The van der Waals surface area contributed by atoms with Gasteiger partial charge in [0.25, 0.3) is 5.91 Å². The van der Waals surface area contributed by atoms with E-state index in [4.69, 9.17) is 0 Å². The van der Waals surface area contributed by atoms with Crippen molar-refractivity contribution < 1.29 is 14.0 Å². The summed E-state index contributed by atoms with van der Waals surface area (Å²) in [5.41, 5.74) is 0.0599. The molecule has 1 fully saturated rings. The Morgan fingerprint density at radius 1 is 1.24 bits per heavy atom. The van der Waals surface area contributed by atoms with E-state index in [0.717, 1.165) is 0 Å². The van der Waals surface area contributed by atoms with Crippen LogP contribution in [0.3, 0.4) is 0 Å². The van der Waals surface area contributed by atoms with Gasteiger partial charge in [0.05, 0.1) is 5.56 Å². The van der Waals surface area contributed by atoms with Crippen molar-refractivity contribution in [3.05, 3.63) is 34.1 Å². The van der Waals surface area contributed by atoms with Gasteiger partial charge in [-0.2, -0.15) is 0 Å². The lowest BCUT2D eigenvalue weighted by atomic mass is 10.1. The molecule has 0 aliphatic carbocycles. The highest BCUT2D eigenvalue weighted by molar-refractivity contribution is 9.10. The zero-order valence-corrected chi connectivity index (χ0v) is 13.3. The second-order valence-electron chi connectivity index (χ2n) is 4.74. The smallest absolute Gasteiger partial charge is 0.317 e. The predicted molar refractivity (Wildman–Crippen MR) is 80.6 cm³/mol. The lowest BCUT2D eigenvalue weighted by molar-refractivity contribution is 0.0660. The van der Waals surface area contributed by atoms with Gasteiger partial charge in [-0.25, -0.2) is 9.18 Å². The molecule has 1 aliphatic rings. The third kappa shape index (κ3) is 3.72. The van der Waals surface area contributed by atoms with Crippen LogP contribution in [0.5, 0.6) is 0 Å². The molecule has 114 valence electrons. The molecule has 1 heterocycles. The minimum Gasteiger partial charge on any atom is -0.338 e. The molecule has 0 bridgehead atoms. The summed E-state index contributed by atoms with van der Waals surface area (Å²) in [6.45, 7) is 4.15. The van der Waals surface area contributed by atoms with Crippen molar-refractivity contribution in [1.29, 1.82) is 0 Å². The molecule has 21 heavy (non-hydrogen) atoms. The Morgan fingerprint density at radius 3 is 2.43 bits per heavy atom. The summed E-state index contributed by atoms with van der Waals surface area (Å²) in [4.78, 5) is 27.2. The molecule has 0 spiro atoms. The van der Waals surface area contributed by atoms with E-state index in [0.29, 0.717) is 37.2 Å². The fourth-order valence-electron chi connectivity index (χ4n) is 2.21. The van der Waals surface area contributed by atoms with Crippen LogP contribution in [-0.4, -0.2) is 54.5 Å². The van der Waals surface area contributed by atoms with Crippen molar-refractivity contribution >= 4 is 27.9 Å². The van der Waals surface area contributed by atoms with Gasteiger partial charge in [-0.1, -0.05) is 15.9 Å². The van der Waals surface area contributed by atoms with Gasteiger partial charge < -0.3 is 15.1 Å². The molecular formula is C14H17BrFN3O2. The first kappa shape index (κ1) is 15.8. The molecule has 0 atom stereocenters. The van der Waals surface area contributed by atoms with Crippen molar-refractivity contribution in [1.82, 2.24) is 15.1 Å². The summed E-state index contributed by atoms with van der Waals surface area (Å²) < 4.78 is 14.4. The second-order valence-corrected chi connectivity index (χ2v) is 5.65. The molecule has 0 saturated carbocycles. The van der Waals surface area contributed by atoms with Gasteiger partial charge >= 0.3 is 6.03 Å². The second kappa shape index (κ2) is 6.89. The van der Waals surface area contributed by atoms with E-state index in [9.17, 15) is 14.0 Å². The number of carbonyl (C=O) groups excluding carboxylic acids is 2. The van der Waals surface area contributed by atoms with Crippen LogP contribution < -0.4 is 5.32 Å². The third-order valence-electron chi connectivity index (χ3n) is 3.34. The first-order valence-electron chi connectivity index (χ1n) is 6.80. The van der Waals surface area contributed by atoms with Crippen molar-refractivity contribution in [2.45, 2.75) is 6.92 Å². The van der Waals surface area contributed by atoms with E-state index in [1.807, 2.05) is 6.92 Å². The monoisotopic (exact) mass is 357 g/mol. The lowest BCUT2D eigenvalue weighted by Gasteiger charge is -2.34. The standard InChI is InChI=1S/C14H17BrFN3O2/c1-2-17-14(21)19-7-5-18(6-8-19)13(20)11-4-3-10(15)9-12(11)16/h3-4,9H,2,5-8H2,1H3,(H,17,21). The lowest BCUT2D eigenvalue weighted by Crippen LogP contribution is -2.53. The van der Waals surface area contributed by atoms with E-state index in [2.05, 4.69) is 21.2 Å². The molecule has 0 radical (unpaired) electrons. The molecule has 1 aromatic carbocycles. The predicted octanol–water partition coefficient (Wildman–Crippen LogP) is 2.08. The van der Waals surface area contributed by atoms with Crippen LogP contribution in [0.25, 0.3) is 0 Å². The summed E-state index contributed by atoms with van der Waals surface area (Å²) in [6.07, 6.45) is 0. The molecule has 0 aromatic heterocycles. The van der Waals surface area contributed by atoms with Gasteiger partial charge in [-0.15, -0.1) is 0 Å². The molecule has 1 aromatic rings. The van der Waals surface area contributed by atoms with Crippen molar-refractivity contribution in [2.24, 2.45) is 0 Å². The number of halogens is 2. The average Bonchev–Trinajstić information content (AvgIpc) is 2.47. The van der Waals surface area contributed by atoms with E-state index >= 15 is 0 Å². The minimum atomic E-state index is -0.541. The van der Waals surface area contributed by atoms with Crippen LogP contribution in [0.1, 0.15) is 17.3 Å². The van der Waals surface area contributed by atoms with Crippen molar-refractivity contribution in [3.8, 4) is 0 Å². The van der Waals surface area contributed by atoms with E-state index < -0.39 is 5.82 Å². The summed E-state index contributed by atoms with van der Waals surface area (Å²) in [6, 6.07) is 4.26. The van der Waals surface area contributed by atoms with Crippen LogP contribution in [-0.2, 0) is 0 Å². The van der Waals surface area contributed by atoms with Crippen LogP contribution in [0.2, 0.25) is 0 Å². The topological polar surface area (TPSA) is 52.7 Å². The Labute approximate surface area is 131 Å². The normalized spacial score (nSPS) is 15.0. The van der Waals surface area contributed by atoms with Crippen LogP contribution >= 0.6 is 15.9 Å². The summed E-state index contributed by atoms with van der Waals surface area (Å²) in [5, 5.41) is 2.72. The van der Waals surface area contributed by atoms with Gasteiger partial charge in [-0.05, 0) is 25.1 Å². The SMILES string of the molecule is CCNC(=O)N1CCN(C(=O)c2ccc(Br)cc2F)CC1. The van der Waals surface area contributed by atoms with Crippen LogP contribution in [0, 0.1) is 5.82 Å². The molecule has 1 N–H and O–H groups in total. The highest BCUT2D eigenvalue weighted by Gasteiger charge is 2.25. The Bertz CT molecular complexity index is 545. The number of piperazine rings is 1. The van der Waals surface area contributed by atoms with Crippen LogP contribution in [0.4, 0.5) is 9.18 Å². The van der Waals surface area contributed by atoms with Crippen molar-refractivity contribution in [2.75, 3.05) is 32.7 Å². The average molecular weight is 358 g/mol. The maximum absolute atomic E-state index is 13.8. The number of rotatable bonds is 2. The Morgan fingerprint density at radius 2 is 1.86 bits per heavy atom. The van der Waals surface area contributed by atoms with Gasteiger partial charge in [0, 0.05) is 37.2 Å². The molecule has 1 aliphatic heterocycles. The van der Waals surface area contributed by atoms with E-state index in [-0.39, 0.29) is 17.5 Å². The minimum absolute atomic E-state index is 0.0599. The fraction of sp³-hybridized carbons (Fsp3) is 0.429. The molecule has 5 nitrogen and oxygen atoms in total. The van der Waals surface area contributed by atoms with Crippen molar-refractivity contribution in [3.63, 3.8) is 0 Å². The van der Waals surface area contributed by atoms with E-state index in [1.165, 1.54) is 12.1 Å². The summed E-state index contributed by atoms with van der Waals surface area (Å²) in [5.74, 6) is -0.879. The zero-order valence-electron chi connectivity index (χ0n) is 11.7. The third-order valence-corrected chi connectivity index (χ3v) is 3.84. The molecule has 0 unspecified atom stereocenters.